The fourth-order valence-corrected chi connectivity index (χ4v) is 1.60. The number of pyridine rings is 1. The summed E-state index contributed by atoms with van der Waals surface area (Å²) in [7, 11) is 0. The molecule has 1 aliphatic heterocycles. The zero-order chi connectivity index (χ0) is 11.5. The smallest absolute Gasteiger partial charge is 0.320 e. The van der Waals surface area contributed by atoms with Crippen LogP contribution in [0.5, 0.6) is 5.88 Å². The molecule has 0 unspecified atom stereocenters. The summed E-state index contributed by atoms with van der Waals surface area (Å²) in [6, 6.07) is 2.09. The van der Waals surface area contributed by atoms with E-state index in [1.54, 1.807) is 0 Å². The standard InChI is InChI=1S/C10H11FN2O3/c11-7-2-1-3-12-9(7)16-6-4-8(10(14)15)13-5-6/h1-3,6,8,13H,4-5H2,(H,14,15)/t6-,8+/m1/s1. The molecule has 1 aromatic rings. The van der Waals surface area contributed by atoms with Crippen molar-refractivity contribution in [1.29, 1.82) is 0 Å². The van der Waals surface area contributed by atoms with Gasteiger partial charge in [-0.25, -0.2) is 9.37 Å². The highest BCUT2D eigenvalue weighted by atomic mass is 19.1. The van der Waals surface area contributed by atoms with E-state index in [0.717, 1.165) is 0 Å². The molecule has 1 fully saturated rings. The van der Waals surface area contributed by atoms with Gasteiger partial charge in [0.15, 0.2) is 5.82 Å². The topological polar surface area (TPSA) is 71.5 Å². The van der Waals surface area contributed by atoms with Crippen LogP contribution < -0.4 is 10.1 Å². The summed E-state index contributed by atoms with van der Waals surface area (Å²) in [5.41, 5.74) is 0. The number of aromatic nitrogens is 1. The Morgan fingerprint density at radius 2 is 2.50 bits per heavy atom. The normalized spacial score (nSPS) is 24.3. The molecule has 16 heavy (non-hydrogen) atoms. The second-order valence-electron chi connectivity index (χ2n) is 3.57. The molecular weight excluding hydrogens is 215 g/mol. The SMILES string of the molecule is O=C(O)[C@@H]1C[C@@H](Oc2ncccc2F)CN1. The van der Waals surface area contributed by atoms with Crippen LogP contribution in [0.15, 0.2) is 18.3 Å². The first-order valence-electron chi connectivity index (χ1n) is 4.90. The van der Waals surface area contributed by atoms with Crippen LogP contribution in [0, 0.1) is 5.82 Å². The molecular formula is C10H11FN2O3. The van der Waals surface area contributed by atoms with Crippen LogP contribution in [0.2, 0.25) is 0 Å². The van der Waals surface area contributed by atoms with E-state index in [4.69, 9.17) is 9.84 Å². The van der Waals surface area contributed by atoms with Crippen molar-refractivity contribution in [3.63, 3.8) is 0 Å². The average Bonchev–Trinajstić information content (AvgIpc) is 2.70. The van der Waals surface area contributed by atoms with E-state index >= 15 is 0 Å². The second kappa shape index (κ2) is 4.44. The summed E-state index contributed by atoms with van der Waals surface area (Å²) >= 11 is 0. The van der Waals surface area contributed by atoms with E-state index in [1.165, 1.54) is 18.3 Å². The summed E-state index contributed by atoms with van der Waals surface area (Å²) in [5, 5.41) is 11.5. The van der Waals surface area contributed by atoms with Gasteiger partial charge in [-0.3, -0.25) is 4.79 Å². The molecule has 0 saturated carbocycles. The third-order valence-corrected chi connectivity index (χ3v) is 2.39. The van der Waals surface area contributed by atoms with Crippen LogP contribution in [0.4, 0.5) is 4.39 Å². The number of hydrogen-bond acceptors (Lipinski definition) is 4. The first-order chi connectivity index (χ1) is 7.66. The third-order valence-electron chi connectivity index (χ3n) is 2.39. The number of nitrogens with one attached hydrogen (secondary N) is 1. The molecule has 2 N–H and O–H groups in total. The predicted octanol–water partition coefficient (Wildman–Crippen LogP) is 0.415. The number of halogens is 1. The van der Waals surface area contributed by atoms with Gasteiger partial charge < -0.3 is 15.2 Å². The number of carboxylic acid groups (broad SMARTS) is 1. The maximum Gasteiger partial charge on any atom is 0.320 e. The number of ether oxygens (including phenoxy) is 1. The maximum absolute atomic E-state index is 13.2. The molecule has 0 aliphatic carbocycles. The molecule has 0 spiro atoms. The first-order valence-corrected chi connectivity index (χ1v) is 4.90. The maximum atomic E-state index is 13.2. The van der Waals surface area contributed by atoms with E-state index in [-0.39, 0.29) is 12.0 Å². The van der Waals surface area contributed by atoms with Gasteiger partial charge >= 0.3 is 5.97 Å². The van der Waals surface area contributed by atoms with E-state index < -0.39 is 17.8 Å². The van der Waals surface area contributed by atoms with Gasteiger partial charge in [0.25, 0.3) is 5.88 Å². The van der Waals surface area contributed by atoms with Gasteiger partial charge in [0, 0.05) is 19.2 Å². The number of nitrogens with zero attached hydrogens (tertiary/aromatic N) is 1. The van der Waals surface area contributed by atoms with Gasteiger partial charge in [-0.2, -0.15) is 0 Å². The lowest BCUT2D eigenvalue weighted by atomic mass is 10.2. The van der Waals surface area contributed by atoms with Crippen LogP contribution in [0.1, 0.15) is 6.42 Å². The van der Waals surface area contributed by atoms with Gasteiger partial charge in [-0.15, -0.1) is 0 Å². The number of aliphatic carboxylic acids is 1. The van der Waals surface area contributed by atoms with Crippen LogP contribution >= 0.6 is 0 Å². The summed E-state index contributed by atoms with van der Waals surface area (Å²) in [4.78, 5) is 14.4. The minimum atomic E-state index is -0.924. The quantitative estimate of drug-likeness (QED) is 0.781. The molecule has 2 rings (SSSR count). The van der Waals surface area contributed by atoms with Crippen molar-refractivity contribution in [2.45, 2.75) is 18.6 Å². The van der Waals surface area contributed by atoms with Crippen molar-refractivity contribution in [3.05, 3.63) is 24.1 Å². The van der Waals surface area contributed by atoms with Crippen molar-refractivity contribution >= 4 is 5.97 Å². The van der Waals surface area contributed by atoms with Crippen molar-refractivity contribution in [1.82, 2.24) is 10.3 Å². The molecule has 0 amide bonds. The Morgan fingerprint density at radius 1 is 1.69 bits per heavy atom. The summed E-state index contributed by atoms with van der Waals surface area (Å²) in [5.74, 6) is -1.55. The Labute approximate surface area is 91.3 Å². The highest BCUT2D eigenvalue weighted by Gasteiger charge is 2.31. The highest BCUT2D eigenvalue weighted by Crippen LogP contribution is 2.17. The van der Waals surface area contributed by atoms with Crippen LogP contribution in [0.25, 0.3) is 0 Å². The number of carbonyl (C=O) groups is 1. The first kappa shape index (κ1) is 10.8. The largest absolute Gasteiger partial charge is 0.480 e. The Morgan fingerprint density at radius 3 is 3.12 bits per heavy atom. The Hall–Kier alpha value is -1.69. The van der Waals surface area contributed by atoms with Crippen LogP contribution in [-0.4, -0.2) is 34.8 Å². The molecule has 0 aromatic carbocycles. The molecule has 1 saturated heterocycles. The summed E-state index contributed by atoms with van der Waals surface area (Å²) in [6.07, 6.45) is 1.38. The Kier molecular flexibility index (Phi) is 3.00. The lowest BCUT2D eigenvalue weighted by Crippen LogP contribution is -2.30. The number of carboxylic acids is 1. The van der Waals surface area contributed by atoms with Crippen LogP contribution in [0.3, 0.4) is 0 Å². The van der Waals surface area contributed by atoms with E-state index in [9.17, 15) is 9.18 Å². The highest BCUT2D eigenvalue weighted by molar-refractivity contribution is 5.73. The van der Waals surface area contributed by atoms with E-state index in [0.29, 0.717) is 13.0 Å². The average molecular weight is 226 g/mol. The van der Waals surface area contributed by atoms with E-state index in [1.807, 2.05) is 0 Å². The fourth-order valence-electron chi connectivity index (χ4n) is 1.60. The lowest BCUT2D eigenvalue weighted by Gasteiger charge is -2.11. The second-order valence-corrected chi connectivity index (χ2v) is 3.57. The van der Waals surface area contributed by atoms with Gasteiger partial charge in [0.1, 0.15) is 12.1 Å². The molecule has 6 heteroatoms. The molecule has 5 nitrogen and oxygen atoms in total. The van der Waals surface area contributed by atoms with Gasteiger partial charge in [-0.05, 0) is 12.1 Å². The predicted molar refractivity (Wildman–Crippen MR) is 52.7 cm³/mol. The van der Waals surface area contributed by atoms with Gasteiger partial charge in [0.2, 0.25) is 0 Å². The van der Waals surface area contributed by atoms with E-state index in [2.05, 4.69) is 10.3 Å². The Bertz CT molecular complexity index is 399. The zero-order valence-electron chi connectivity index (χ0n) is 8.39. The molecule has 2 heterocycles. The molecule has 2 atom stereocenters. The van der Waals surface area contributed by atoms with Crippen molar-refractivity contribution < 1.29 is 19.0 Å². The van der Waals surface area contributed by atoms with Gasteiger partial charge in [-0.1, -0.05) is 0 Å². The Balaban J connectivity index is 1.97. The van der Waals surface area contributed by atoms with Crippen molar-refractivity contribution in [2.24, 2.45) is 0 Å². The minimum Gasteiger partial charge on any atom is -0.480 e. The lowest BCUT2D eigenvalue weighted by molar-refractivity contribution is -0.139. The van der Waals surface area contributed by atoms with Crippen molar-refractivity contribution in [3.8, 4) is 5.88 Å². The fraction of sp³-hybridized carbons (Fsp3) is 0.400. The molecule has 0 bridgehead atoms. The number of hydrogen-bond donors (Lipinski definition) is 2. The minimum absolute atomic E-state index is 0.0830. The monoisotopic (exact) mass is 226 g/mol. The van der Waals surface area contributed by atoms with Gasteiger partial charge in [0.05, 0.1) is 0 Å². The van der Waals surface area contributed by atoms with Crippen molar-refractivity contribution in [2.75, 3.05) is 6.54 Å². The summed E-state index contributed by atoms with van der Waals surface area (Å²) in [6.45, 7) is 0.382. The molecule has 1 aromatic heterocycles. The molecule has 86 valence electrons. The van der Waals surface area contributed by atoms with Crippen LogP contribution in [-0.2, 0) is 4.79 Å². The zero-order valence-corrected chi connectivity index (χ0v) is 8.39. The third kappa shape index (κ3) is 2.27. The molecule has 1 aliphatic rings. The molecule has 0 radical (unpaired) electrons. The number of rotatable bonds is 3. The summed E-state index contributed by atoms with van der Waals surface area (Å²) < 4.78 is 18.4.